The summed E-state index contributed by atoms with van der Waals surface area (Å²) in [5.41, 5.74) is 1.26. The van der Waals surface area contributed by atoms with E-state index in [1.165, 1.54) is 63.4 Å². The van der Waals surface area contributed by atoms with Crippen molar-refractivity contribution in [3.63, 3.8) is 0 Å². The lowest BCUT2D eigenvalue weighted by Gasteiger charge is -2.06. The fourth-order valence-electron chi connectivity index (χ4n) is 3.94. The number of esters is 1. The Morgan fingerprint density at radius 3 is 2.00 bits per heavy atom. The molecule has 0 atom stereocenters. The molecule has 0 spiro atoms. The zero-order valence-electron chi connectivity index (χ0n) is 24.1. The second-order valence-electron chi connectivity index (χ2n) is 9.34. The molecular weight excluding hydrogens is 424 g/mol. The van der Waals surface area contributed by atoms with E-state index in [0.29, 0.717) is 12.2 Å². The summed E-state index contributed by atoms with van der Waals surface area (Å²) in [5, 5.41) is 16.3. The molecule has 34 heavy (non-hydrogen) atoms. The number of unbranched alkanes of at least 4 members (excludes halogenated alkanes) is 3. The standard InChI is InChI=1S/C11H22O.C10H18O2.C8H16.CH4O/c1-4-6-7-9-11(8-5-2)10(3)12;1-4-5-6-7-8-10(11)12-9(2)3;1-2-5-8-6-3-4-7-8;1-2/h12H,4-9H2,1-3H3;4-5,9H,6-8H2,1-3H3;8H,2-7H2,1H3;2H,1H3/b11-10+;5-4-;;. The molecule has 4 nitrogen and oxygen atoms in total. The van der Waals surface area contributed by atoms with E-state index >= 15 is 0 Å². The van der Waals surface area contributed by atoms with Gasteiger partial charge in [-0.15, -0.1) is 0 Å². The van der Waals surface area contributed by atoms with Gasteiger partial charge in [0.15, 0.2) is 0 Å². The van der Waals surface area contributed by atoms with Crippen LogP contribution in [0.3, 0.4) is 0 Å². The molecule has 204 valence electrons. The maximum atomic E-state index is 11.0. The van der Waals surface area contributed by atoms with Gasteiger partial charge in [-0.2, -0.15) is 0 Å². The maximum Gasteiger partial charge on any atom is 0.306 e. The van der Waals surface area contributed by atoms with Crippen LogP contribution in [0.4, 0.5) is 0 Å². The summed E-state index contributed by atoms with van der Waals surface area (Å²) in [6.45, 7) is 14.2. The molecular formula is C30H60O4. The van der Waals surface area contributed by atoms with Gasteiger partial charge in [0.05, 0.1) is 11.9 Å². The van der Waals surface area contributed by atoms with Crippen molar-refractivity contribution in [3.05, 3.63) is 23.5 Å². The number of hydrogen-bond acceptors (Lipinski definition) is 4. The number of allylic oxidation sites excluding steroid dienone is 4. The van der Waals surface area contributed by atoms with E-state index < -0.39 is 0 Å². The average Bonchev–Trinajstić information content (AvgIpc) is 3.32. The van der Waals surface area contributed by atoms with E-state index in [0.717, 1.165) is 45.1 Å². The molecule has 0 bridgehead atoms. The van der Waals surface area contributed by atoms with E-state index in [-0.39, 0.29) is 12.1 Å². The number of ether oxygens (including phenoxy) is 1. The Kier molecular flexibility index (Phi) is 32.6. The molecule has 4 heteroatoms. The normalized spacial score (nSPS) is 13.8. The van der Waals surface area contributed by atoms with Crippen LogP contribution in [0.5, 0.6) is 0 Å². The van der Waals surface area contributed by atoms with Crippen LogP contribution >= 0.6 is 0 Å². The number of hydrogen-bond donors (Lipinski definition) is 2. The first-order chi connectivity index (χ1) is 16.3. The molecule has 0 saturated heterocycles. The number of aliphatic hydroxyl groups excluding tert-OH is 2. The van der Waals surface area contributed by atoms with E-state index in [1.54, 1.807) is 6.92 Å². The molecule has 0 unspecified atom stereocenters. The zero-order chi connectivity index (χ0) is 26.6. The quantitative estimate of drug-likeness (QED) is 0.118. The minimum absolute atomic E-state index is 0.0132. The monoisotopic (exact) mass is 484 g/mol. The maximum absolute atomic E-state index is 11.0. The second-order valence-corrected chi connectivity index (χ2v) is 9.34. The van der Waals surface area contributed by atoms with Crippen molar-refractivity contribution in [3.8, 4) is 0 Å². The van der Waals surface area contributed by atoms with E-state index in [4.69, 9.17) is 9.84 Å². The van der Waals surface area contributed by atoms with Gasteiger partial charge in [-0.3, -0.25) is 4.79 Å². The summed E-state index contributed by atoms with van der Waals surface area (Å²) in [6.07, 6.45) is 22.4. The Labute approximate surface area is 213 Å². The van der Waals surface area contributed by atoms with Crippen LogP contribution in [-0.2, 0) is 9.53 Å². The molecule has 1 aliphatic rings. The molecule has 1 aliphatic carbocycles. The van der Waals surface area contributed by atoms with Gasteiger partial charge in [-0.1, -0.05) is 90.7 Å². The highest BCUT2D eigenvalue weighted by molar-refractivity contribution is 5.69. The average molecular weight is 485 g/mol. The molecule has 0 radical (unpaired) electrons. The van der Waals surface area contributed by atoms with Crippen LogP contribution < -0.4 is 0 Å². The Hall–Kier alpha value is -1.29. The summed E-state index contributed by atoms with van der Waals surface area (Å²) in [7, 11) is 1.00. The third kappa shape index (κ3) is 28.7. The van der Waals surface area contributed by atoms with Crippen LogP contribution in [0.25, 0.3) is 0 Å². The first-order valence-electron chi connectivity index (χ1n) is 13.9. The first kappa shape index (κ1) is 37.3. The highest BCUT2D eigenvalue weighted by Crippen LogP contribution is 2.28. The highest BCUT2D eigenvalue weighted by Gasteiger charge is 2.12. The lowest BCUT2D eigenvalue weighted by atomic mass is 10.0. The van der Waals surface area contributed by atoms with Crippen LogP contribution in [0.15, 0.2) is 23.5 Å². The van der Waals surface area contributed by atoms with Gasteiger partial charge < -0.3 is 14.9 Å². The molecule has 0 aliphatic heterocycles. The van der Waals surface area contributed by atoms with Crippen LogP contribution in [0, 0.1) is 5.92 Å². The highest BCUT2D eigenvalue weighted by atomic mass is 16.5. The van der Waals surface area contributed by atoms with Crippen molar-refractivity contribution in [1.82, 2.24) is 0 Å². The third-order valence-corrected chi connectivity index (χ3v) is 5.67. The van der Waals surface area contributed by atoms with Gasteiger partial charge in [-0.25, -0.2) is 0 Å². The third-order valence-electron chi connectivity index (χ3n) is 5.67. The molecule has 0 amide bonds. The van der Waals surface area contributed by atoms with Gasteiger partial charge >= 0.3 is 5.97 Å². The van der Waals surface area contributed by atoms with Crippen molar-refractivity contribution >= 4 is 5.97 Å². The molecule has 0 aromatic heterocycles. The molecule has 1 rings (SSSR count). The van der Waals surface area contributed by atoms with E-state index in [9.17, 15) is 9.90 Å². The fourth-order valence-corrected chi connectivity index (χ4v) is 3.94. The summed E-state index contributed by atoms with van der Waals surface area (Å²) in [4.78, 5) is 11.0. The Bertz CT molecular complexity index is 470. The molecule has 0 aromatic rings. The lowest BCUT2D eigenvalue weighted by Crippen LogP contribution is -2.10. The van der Waals surface area contributed by atoms with Gasteiger partial charge in [-0.05, 0) is 71.3 Å². The molecule has 1 saturated carbocycles. The summed E-state index contributed by atoms with van der Waals surface area (Å²) >= 11 is 0. The van der Waals surface area contributed by atoms with Gasteiger partial charge in [0.2, 0.25) is 0 Å². The summed E-state index contributed by atoms with van der Waals surface area (Å²) in [5.74, 6) is 1.57. The minimum atomic E-state index is -0.0884. The van der Waals surface area contributed by atoms with Crippen molar-refractivity contribution in [1.29, 1.82) is 0 Å². The molecule has 0 heterocycles. The molecule has 2 N–H and O–H groups in total. The van der Waals surface area contributed by atoms with Gasteiger partial charge in [0, 0.05) is 13.5 Å². The molecule has 1 fully saturated rings. The van der Waals surface area contributed by atoms with Crippen LogP contribution in [0.1, 0.15) is 145 Å². The predicted molar refractivity (Wildman–Crippen MR) is 149 cm³/mol. The Balaban J connectivity index is -0.000000415. The smallest absolute Gasteiger partial charge is 0.306 e. The number of carbonyl (C=O) groups excluding carboxylic acids is 1. The van der Waals surface area contributed by atoms with Crippen molar-refractivity contribution in [2.24, 2.45) is 5.92 Å². The van der Waals surface area contributed by atoms with Gasteiger partial charge in [0.25, 0.3) is 0 Å². The van der Waals surface area contributed by atoms with Crippen LogP contribution in [-0.4, -0.2) is 29.4 Å². The number of carbonyl (C=O) groups is 1. The number of aliphatic hydroxyl groups is 2. The number of rotatable bonds is 13. The van der Waals surface area contributed by atoms with Crippen molar-refractivity contribution in [2.75, 3.05) is 7.11 Å². The van der Waals surface area contributed by atoms with E-state index in [2.05, 4.69) is 26.8 Å². The van der Waals surface area contributed by atoms with Crippen molar-refractivity contribution in [2.45, 2.75) is 151 Å². The SMILES string of the molecule is C/C=C\CCCC(=O)OC(C)C.CCCC1CCCC1.CCCCC/C(CCC)=C(\C)O.CO. The second kappa shape index (κ2) is 29.7. The topological polar surface area (TPSA) is 66.8 Å². The lowest BCUT2D eigenvalue weighted by molar-refractivity contribution is -0.147. The van der Waals surface area contributed by atoms with Gasteiger partial charge in [0.1, 0.15) is 0 Å². The zero-order valence-corrected chi connectivity index (χ0v) is 24.1. The molecule has 0 aromatic carbocycles. The van der Waals surface area contributed by atoms with E-state index in [1.807, 2.05) is 26.8 Å². The minimum Gasteiger partial charge on any atom is -0.513 e. The summed E-state index contributed by atoms with van der Waals surface area (Å²) < 4.78 is 4.97. The Morgan fingerprint density at radius 1 is 0.941 bits per heavy atom. The largest absolute Gasteiger partial charge is 0.513 e. The van der Waals surface area contributed by atoms with Crippen LogP contribution in [0.2, 0.25) is 0 Å². The summed E-state index contributed by atoms with van der Waals surface area (Å²) in [6, 6.07) is 0. The predicted octanol–water partition coefficient (Wildman–Crippen LogP) is 9.47. The van der Waals surface area contributed by atoms with Crippen molar-refractivity contribution < 1.29 is 19.7 Å². The Morgan fingerprint density at radius 2 is 1.56 bits per heavy atom. The first-order valence-corrected chi connectivity index (χ1v) is 13.9. The fraction of sp³-hybridized carbons (Fsp3) is 0.833.